The molecular weight excluding hydrogens is 325 g/mol. The molecule has 2 amide bonds. The van der Waals surface area contributed by atoms with Crippen LogP contribution < -0.4 is 10.6 Å². The van der Waals surface area contributed by atoms with Gasteiger partial charge < -0.3 is 10.6 Å². The molecule has 0 fully saturated rings. The fraction of sp³-hybridized carbons (Fsp3) is 0.467. The topological polar surface area (TPSA) is 61.4 Å². The quantitative estimate of drug-likeness (QED) is 0.798. The standard InChI is InChI=1S/C15H21Cl2N3O2/c1-4-10(2)18-13(21)8-20(3)9-14(22)19-15-11(16)6-5-7-12(15)17/h5-7,10H,4,8-9H2,1-3H3,(H,18,21)(H,19,22)/t10-/m0/s1. The molecule has 7 heteroatoms. The summed E-state index contributed by atoms with van der Waals surface area (Å²) in [6.45, 7) is 4.14. The average molecular weight is 346 g/mol. The maximum atomic E-state index is 12.0. The van der Waals surface area contributed by atoms with Crippen LogP contribution in [-0.4, -0.2) is 42.9 Å². The Kier molecular flexibility index (Phi) is 7.65. The number of hydrogen-bond acceptors (Lipinski definition) is 3. The van der Waals surface area contributed by atoms with Crippen LogP contribution in [0.1, 0.15) is 20.3 Å². The van der Waals surface area contributed by atoms with Crippen molar-refractivity contribution in [3.05, 3.63) is 28.2 Å². The Balaban J connectivity index is 2.49. The van der Waals surface area contributed by atoms with Crippen LogP contribution in [-0.2, 0) is 9.59 Å². The van der Waals surface area contributed by atoms with E-state index in [4.69, 9.17) is 23.2 Å². The van der Waals surface area contributed by atoms with E-state index in [0.717, 1.165) is 6.42 Å². The highest BCUT2D eigenvalue weighted by Gasteiger charge is 2.14. The number of benzene rings is 1. The number of para-hydroxylation sites is 1. The Morgan fingerprint density at radius 2 is 1.73 bits per heavy atom. The Labute approximate surface area is 141 Å². The number of carbonyl (C=O) groups excluding carboxylic acids is 2. The molecule has 0 aliphatic rings. The van der Waals surface area contributed by atoms with Gasteiger partial charge in [0.1, 0.15) is 0 Å². The second-order valence-electron chi connectivity index (χ2n) is 5.19. The van der Waals surface area contributed by atoms with E-state index >= 15 is 0 Å². The average Bonchev–Trinajstić information content (AvgIpc) is 2.42. The van der Waals surface area contributed by atoms with Gasteiger partial charge >= 0.3 is 0 Å². The van der Waals surface area contributed by atoms with Gasteiger partial charge in [-0.05, 0) is 32.5 Å². The molecule has 22 heavy (non-hydrogen) atoms. The Hall–Kier alpha value is -1.30. The molecule has 1 aromatic carbocycles. The summed E-state index contributed by atoms with van der Waals surface area (Å²) in [7, 11) is 1.70. The van der Waals surface area contributed by atoms with Crippen molar-refractivity contribution in [2.24, 2.45) is 0 Å². The fourth-order valence-electron chi connectivity index (χ4n) is 1.76. The molecule has 2 N–H and O–H groups in total. The molecule has 0 aliphatic carbocycles. The fourth-order valence-corrected chi connectivity index (χ4v) is 2.26. The van der Waals surface area contributed by atoms with Gasteiger partial charge in [-0.15, -0.1) is 0 Å². The van der Waals surface area contributed by atoms with Crippen LogP contribution in [0.5, 0.6) is 0 Å². The number of rotatable bonds is 7. The second-order valence-corrected chi connectivity index (χ2v) is 6.01. The van der Waals surface area contributed by atoms with Crippen LogP contribution in [0, 0.1) is 0 Å². The first kappa shape index (κ1) is 18.7. The summed E-state index contributed by atoms with van der Waals surface area (Å²) in [4.78, 5) is 25.4. The summed E-state index contributed by atoms with van der Waals surface area (Å²) < 4.78 is 0. The first-order chi connectivity index (χ1) is 10.3. The van der Waals surface area contributed by atoms with Crippen LogP contribution in [0.25, 0.3) is 0 Å². The minimum atomic E-state index is -0.283. The summed E-state index contributed by atoms with van der Waals surface area (Å²) in [5.41, 5.74) is 0.383. The molecule has 5 nitrogen and oxygen atoms in total. The Morgan fingerprint density at radius 1 is 1.18 bits per heavy atom. The van der Waals surface area contributed by atoms with Gasteiger partial charge in [0.2, 0.25) is 11.8 Å². The molecule has 122 valence electrons. The number of hydrogen-bond donors (Lipinski definition) is 2. The molecule has 1 aromatic rings. The van der Waals surface area contributed by atoms with E-state index < -0.39 is 0 Å². The number of anilines is 1. The minimum absolute atomic E-state index is 0.0650. The Bertz CT molecular complexity index is 517. The molecule has 0 heterocycles. The smallest absolute Gasteiger partial charge is 0.238 e. The second kappa shape index (κ2) is 8.98. The summed E-state index contributed by atoms with van der Waals surface area (Å²) in [5.74, 6) is -0.394. The van der Waals surface area contributed by atoms with Gasteiger partial charge in [-0.1, -0.05) is 36.2 Å². The summed E-state index contributed by atoms with van der Waals surface area (Å²) >= 11 is 12.0. The van der Waals surface area contributed by atoms with Gasteiger partial charge in [0.25, 0.3) is 0 Å². The molecule has 0 saturated carbocycles. The monoisotopic (exact) mass is 345 g/mol. The lowest BCUT2D eigenvalue weighted by Gasteiger charge is -2.18. The SMILES string of the molecule is CC[C@H](C)NC(=O)CN(C)CC(=O)Nc1c(Cl)cccc1Cl. The summed E-state index contributed by atoms with van der Waals surface area (Å²) in [5, 5.41) is 6.25. The molecule has 0 spiro atoms. The van der Waals surface area contributed by atoms with Crippen LogP contribution >= 0.6 is 23.2 Å². The van der Waals surface area contributed by atoms with Crippen LogP contribution in [0.4, 0.5) is 5.69 Å². The third kappa shape index (κ3) is 6.22. The van der Waals surface area contributed by atoms with E-state index in [-0.39, 0.29) is 30.9 Å². The molecular formula is C15H21Cl2N3O2. The van der Waals surface area contributed by atoms with Crippen molar-refractivity contribution in [1.29, 1.82) is 0 Å². The van der Waals surface area contributed by atoms with Gasteiger partial charge in [-0.25, -0.2) is 0 Å². The zero-order valence-corrected chi connectivity index (χ0v) is 14.5. The Morgan fingerprint density at radius 3 is 2.27 bits per heavy atom. The van der Waals surface area contributed by atoms with Gasteiger partial charge in [-0.2, -0.15) is 0 Å². The third-order valence-electron chi connectivity index (χ3n) is 3.07. The van der Waals surface area contributed by atoms with Crippen molar-refractivity contribution < 1.29 is 9.59 Å². The first-order valence-corrected chi connectivity index (χ1v) is 7.80. The molecule has 0 radical (unpaired) electrons. The zero-order chi connectivity index (χ0) is 16.7. The third-order valence-corrected chi connectivity index (χ3v) is 3.70. The highest BCUT2D eigenvalue weighted by molar-refractivity contribution is 6.39. The molecule has 0 unspecified atom stereocenters. The number of carbonyl (C=O) groups is 2. The van der Waals surface area contributed by atoms with Crippen LogP contribution in [0.15, 0.2) is 18.2 Å². The molecule has 1 rings (SSSR count). The lowest BCUT2D eigenvalue weighted by Crippen LogP contribution is -2.41. The van der Waals surface area contributed by atoms with Crippen molar-refractivity contribution in [3.8, 4) is 0 Å². The van der Waals surface area contributed by atoms with E-state index in [1.165, 1.54) is 0 Å². The lowest BCUT2D eigenvalue weighted by molar-refractivity contribution is -0.123. The summed E-state index contributed by atoms with van der Waals surface area (Å²) in [6.07, 6.45) is 0.862. The highest BCUT2D eigenvalue weighted by atomic mass is 35.5. The van der Waals surface area contributed by atoms with Gasteiger partial charge in [-0.3, -0.25) is 14.5 Å². The summed E-state index contributed by atoms with van der Waals surface area (Å²) in [6, 6.07) is 5.11. The number of amides is 2. The maximum Gasteiger partial charge on any atom is 0.238 e. The van der Waals surface area contributed by atoms with Crippen molar-refractivity contribution in [2.75, 3.05) is 25.5 Å². The van der Waals surface area contributed by atoms with E-state index in [9.17, 15) is 9.59 Å². The van der Waals surface area contributed by atoms with Crippen LogP contribution in [0.2, 0.25) is 10.0 Å². The van der Waals surface area contributed by atoms with E-state index in [1.807, 2.05) is 13.8 Å². The number of halogens is 2. The molecule has 1 atom stereocenters. The number of nitrogens with one attached hydrogen (secondary N) is 2. The zero-order valence-electron chi connectivity index (χ0n) is 13.0. The van der Waals surface area contributed by atoms with Gasteiger partial charge in [0, 0.05) is 6.04 Å². The van der Waals surface area contributed by atoms with Crippen molar-refractivity contribution in [3.63, 3.8) is 0 Å². The lowest BCUT2D eigenvalue weighted by atomic mass is 10.2. The van der Waals surface area contributed by atoms with Gasteiger partial charge in [0.05, 0.1) is 28.8 Å². The van der Waals surface area contributed by atoms with E-state index in [2.05, 4.69) is 10.6 Å². The first-order valence-electron chi connectivity index (χ1n) is 7.05. The van der Waals surface area contributed by atoms with E-state index in [1.54, 1.807) is 30.1 Å². The maximum absolute atomic E-state index is 12.0. The number of nitrogens with zero attached hydrogens (tertiary/aromatic N) is 1. The van der Waals surface area contributed by atoms with E-state index in [0.29, 0.717) is 15.7 Å². The molecule has 0 aliphatic heterocycles. The highest BCUT2D eigenvalue weighted by Crippen LogP contribution is 2.29. The molecule has 0 bridgehead atoms. The van der Waals surface area contributed by atoms with Crippen molar-refractivity contribution in [1.82, 2.24) is 10.2 Å². The van der Waals surface area contributed by atoms with Crippen molar-refractivity contribution >= 4 is 40.7 Å². The molecule has 0 aromatic heterocycles. The minimum Gasteiger partial charge on any atom is -0.353 e. The number of likely N-dealkylation sites (N-methyl/N-ethyl adjacent to an activating group) is 1. The van der Waals surface area contributed by atoms with Crippen molar-refractivity contribution in [2.45, 2.75) is 26.3 Å². The molecule has 0 saturated heterocycles. The van der Waals surface area contributed by atoms with Crippen LogP contribution in [0.3, 0.4) is 0 Å². The normalized spacial score (nSPS) is 12.1. The largest absolute Gasteiger partial charge is 0.353 e. The van der Waals surface area contributed by atoms with Gasteiger partial charge in [0.15, 0.2) is 0 Å². The predicted octanol–water partition coefficient (Wildman–Crippen LogP) is 2.78. The predicted molar refractivity (Wildman–Crippen MR) is 90.5 cm³/mol.